The molecule has 2 aromatic carbocycles. The second kappa shape index (κ2) is 5.58. The van der Waals surface area contributed by atoms with Gasteiger partial charge in [0.05, 0.1) is 5.92 Å². The molecular weight excluding hydrogens is 227 g/mol. The lowest BCUT2D eigenvalue weighted by Crippen LogP contribution is -2.17. The lowest BCUT2D eigenvalue weighted by atomic mass is 9.91. The lowest BCUT2D eigenvalue weighted by Gasteiger charge is -2.16. The molecule has 0 N–H and O–H groups in total. The van der Waals surface area contributed by atoms with Crippen molar-refractivity contribution >= 4 is 5.78 Å². The van der Waals surface area contributed by atoms with Crippen LogP contribution < -0.4 is 0 Å². The largest absolute Gasteiger partial charge is 0.294 e. The molecular formula is C16H15FO. The third-order valence-corrected chi connectivity index (χ3v) is 3.03. The summed E-state index contributed by atoms with van der Waals surface area (Å²) >= 11 is 0. The Hall–Kier alpha value is -1.96. The van der Waals surface area contributed by atoms with Crippen LogP contribution in [0.1, 0.15) is 29.0 Å². The van der Waals surface area contributed by atoms with Crippen LogP contribution in [0.15, 0.2) is 60.7 Å². The van der Waals surface area contributed by atoms with Gasteiger partial charge in [-0.25, -0.2) is 4.39 Å². The van der Waals surface area contributed by atoms with Gasteiger partial charge in [0.1, 0.15) is 6.17 Å². The van der Waals surface area contributed by atoms with E-state index in [1.807, 2.05) is 12.1 Å². The van der Waals surface area contributed by atoms with Gasteiger partial charge in [-0.3, -0.25) is 4.79 Å². The Kier molecular flexibility index (Phi) is 3.88. The van der Waals surface area contributed by atoms with E-state index in [1.165, 1.54) is 0 Å². The number of carbonyl (C=O) groups excluding carboxylic acids is 1. The maximum atomic E-state index is 14.2. The molecule has 2 rings (SSSR count). The SMILES string of the molecule is C[C@@H](C(=O)c1ccccc1)[C@H](F)c1ccccc1. The highest BCUT2D eigenvalue weighted by Gasteiger charge is 2.25. The van der Waals surface area contributed by atoms with Gasteiger partial charge in [-0.15, -0.1) is 0 Å². The summed E-state index contributed by atoms with van der Waals surface area (Å²) in [6.07, 6.45) is -1.26. The summed E-state index contributed by atoms with van der Waals surface area (Å²) in [6.45, 7) is 1.63. The first-order valence-electron chi connectivity index (χ1n) is 5.98. The lowest BCUT2D eigenvalue weighted by molar-refractivity contribution is 0.0856. The molecule has 0 fully saturated rings. The molecule has 0 aliphatic heterocycles. The number of hydrogen-bond donors (Lipinski definition) is 0. The number of carbonyl (C=O) groups is 1. The molecule has 0 amide bonds. The number of hydrogen-bond acceptors (Lipinski definition) is 1. The zero-order chi connectivity index (χ0) is 13.0. The highest BCUT2D eigenvalue weighted by molar-refractivity contribution is 5.98. The smallest absolute Gasteiger partial charge is 0.168 e. The molecule has 2 aromatic rings. The first kappa shape index (κ1) is 12.5. The van der Waals surface area contributed by atoms with E-state index >= 15 is 0 Å². The Morgan fingerprint density at radius 3 is 2.00 bits per heavy atom. The van der Waals surface area contributed by atoms with Crippen molar-refractivity contribution in [3.05, 3.63) is 71.8 Å². The van der Waals surface area contributed by atoms with Crippen molar-refractivity contribution in [2.45, 2.75) is 13.1 Å². The van der Waals surface area contributed by atoms with Gasteiger partial charge in [0.25, 0.3) is 0 Å². The maximum Gasteiger partial charge on any atom is 0.168 e. The van der Waals surface area contributed by atoms with Crippen LogP contribution >= 0.6 is 0 Å². The Labute approximate surface area is 106 Å². The number of halogens is 1. The van der Waals surface area contributed by atoms with Crippen LogP contribution in [0.3, 0.4) is 0 Å². The van der Waals surface area contributed by atoms with Crippen molar-refractivity contribution in [2.24, 2.45) is 5.92 Å². The molecule has 0 aliphatic carbocycles. The fourth-order valence-electron chi connectivity index (χ4n) is 1.92. The Balaban J connectivity index is 2.17. The number of benzene rings is 2. The molecule has 0 aliphatic rings. The van der Waals surface area contributed by atoms with E-state index < -0.39 is 12.1 Å². The summed E-state index contributed by atoms with van der Waals surface area (Å²) in [5, 5.41) is 0. The van der Waals surface area contributed by atoms with Crippen molar-refractivity contribution < 1.29 is 9.18 Å². The number of alkyl halides is 1. The van der Waals surface area contributed by atoms with Gasteiger partial charge < -0.3 is 0 Å². The number of Topliss-reactive ketones (excluding diaryl/α,β-unsaturated/α-hetero) is 1. The Morgan fingerprint density at radius 1 is 0.944 bits per heavy atom. The first-order chi connectivity index (χ1) is 8.70. The summed E-state index contributed by atoms with van der Waals surface area (Å²) in [4.78, 5) is 12.1. The van der Waals surface area contributed by atoms with Crippen LogP contribution in [-0.4, -0.2) is 5.78 Å². The van der Waals surface area contributed by atoms with E-state index in [1.54, 1.807) is 55.5 Å². The molecule has 0 radical (unpaired) electrons. The summed E-state index contributed by atoms with van der Waals surface area (Å²) < 4.78 is 14.2. The average Bonchev–Trinajstić information content (AvgIpc) is 2.47. The van der Waals surface area contributed by atoms with E-state index in [4.69, 9.17) is 0 Å². The zero-order valence-corrected chi connectivity index (χ0v) is 10.2. The molecule has 0 saturated heterocycles. The molecule has 92 valence electrons. The highest BCUT2D eigenvalue weighted by Crippen LogP contribution is 2.28. The second-order valence-corrected chi connectivity index (χ2v) is 4.33. The molecule has 1 nitrogen and oxygen atoms in total. The number of ketones is 1. The van der Waals surface area contributed by atoms with E-state index in [-0.39, 0.29) is 5.78 Å². The molecule has 0 spiro atoms. The summed E-state index contributed by atoms with van der Waals surface area (Å²) in [5.74, 6) is -0.832. The average molecular weight is 242 g/mol. The molecule has 0 saturated carbocycles. The van der Waals surface area contributed by atoms with Gasteiger partial charge in [0.2, 0.25) is 0 Å². The van der Waals surface area contributed by atoms with E-state index in [2.05, 4.69) is 0 Å². The summed E-state index contributed by atoms with van der Waals surface area (Å²) in [5.41, 5.74) is 1.11. The van der Waals surface area contributed by atoms with Crippen molar-refractivity contribution in [1.82, 2.24) is 0 Å². The minimum absolute atomic E-state index is 0.160. The fourth-order valence-corrected chi connectivity index (χ4v) is 1.92. The molecule has 0 aromatic heterocycles. The third-order valence-electron chi connectivity index (χ3n) is 3.03. The van der Waals surface area contributed by atoms with Crippen LogP contribution in [0, 0.1) is 5.92 Å². The van der Waals surface area contributed by atoms with Gasteiger partial charge >= 0.3 is 0 Å². The van der Waals surface area contributed by atoms with Crippen LogP contribution in [0.5, 0.6) is 0 Å². The van der Waals surface area contributed by atoms with Gasteiger partial charge in [-0.2, -0.15) is 0 Å². The van der Waals surface area contributed by atoms with Crippen molar-refractivity contribution in [3.8, 4) is 0 Å². The van der Waals surface area contributed by atoms with Crippen LogP contribution in [0.4, 0.5) is 4.39 Å². The van der Waals surface area contributed by atoms with Crippen molar-refractivity contribution in [1.29, 1.82) is 0 Å². The van der Waals surface area contributed by atoms with E-state index in [0.717, 1.165) is 0 Å². The Bertz CT molecular complexity index is 507. The topological polar surface area (TPSA) is 17.1 Å². The fraction of sp³-hybridized carbons (Fsp3) is 0.188. The van der Waals surface area contributed by atoms with Gasteiger partial charge in [-0.05, 0) is 5.56 Å². The predicted molar refractivity (Wildman–Crippen MR) is 70.2 cm³/mol. The minimum Gasteiger partial charge on any atom is -0.294 e. The van der Waals surface area contributed by atoms with E-state index in [9.17, 15) is 9.18 Å². The molecule has 2 heteroatoms. The van der Waals surface area contributed by atoms with Gasteiger partial charge in [0, 0.05) is 5.56 Å². The molecule has 18 heavy (non-hydrogen) atoms. The van der Waals surface area contributed by atoms with Crippen LogP contribution in [0.2, 0.25) is 0 Å². The Morgan fingerprint density at radius 2 is 1.44 bits per heavy atom. The van der Waals surface area contributed by atoms with Crippen LogP contribution in [-0.2, 0) is 0 Å². The maximum absolute atomic E-state index is 14.2. The third kappa shape index (κ3) is 2.65. The molecule has 0 heterocycles. The van der Waals surface area contributed by atoms with Crippen LogP contribution in [0.25, 0.3) is 0 Å². The minimum atomic E-state index is -1.26. The van der Waals surface area contributed by atoms with E-state index in [0.29, 0.717) is 11.1 Å². The number of rotatable bonds is 4. The molecule has 0 bridgehead atoms. The normalized spacial score (nSPS) is 13.9. The second-order valence-electron chi connectivity index (χ2n) is 4.33. The summed E-state index contributed by atoms with van der Waals surface area (Å²) in [6, 6.07) is 17.7. The quantitative estimate of drug-likeness (QED) is 0.734. The van der Waals surface area contributed by atoms with Crippen molar-refractivity contribution in [3.63, 3.8) is 0 Å². The first-order valence-corrected chi connectivity index (χ1v) is 5.98. The predicted octanol–water partition coefficient (Wildman–Crippen LogP) is 4.22. The highest BCUT2D eigenvalue weighted by atomic mass is 19.1. The molecule has 2 atom stereocenters. The molecule has 0 unspecified atom stereocenters. The van der Waals surface area contributed by atoms with Gasteiger partial charge in [0.15, 0.2) is 5.78 Å². The van der Waals surface area contributed by atoms with Crippen molar-refractivity contribution in [2.75, 3.05) is 0 Å². The van der Waals surface area contributed by atoms with Gasteiger partial charge in [-0.1, -0.05) is 67.6 Å². The zero-order valence-electron chi connectivity index (χ0n) is 10.2. The summed E-state index contributed by atoms with van der Waals surface area (Å²) in [7, 11) is 0. The monoisotopic (exact) mass is 242 g/mol. The standard InChI is InChI=1S/C16H15FO/c1-12(15(17)13-8-4-2-5-9-13)16(18)14-10-6-3-7-11-14/h2-12,15H,1H3/t12-,15+/m1/s1.